The zero-order valence-electron chi connectivity index (χ0n) is 20.5. The molecule has 2 aliphatic heterocycles. The first kappa shape index (κ1) is 24.6. The molecule has 2 saturated heterocycles. The Kier molecular flexibility index (Phi) is 6.51. The molecule has 0 saturated carbocycles. The van der Waals surface area contributed by atoms with Crippen molar-refractivity contribution in [2.45, 2.75) is 25.3 Å². The number of fused-ring (bicyclic) bond motifs is 1. The molecular formula is C24H26N8O4S. The number of amides is 2. The molecule has 192 valence electrons. The van der Waals surface area contributed by atoms with Crippen molar-refractivity contribution >= 4 is 46.1 Å². The molecule has 0 aromatic carbocycles. The van der Waals surface area contributed by atoms with Gasteiger partial charge in [-0.2, -0.15) is 5.26 Å². The van der Waals surface area contributed by atoms with Crippen molar-refractivity contribution < 1.29 is 19.1 Å². The number of nitrogens with zero attached hydrogens (tertiary/aromatic N) is 8. The number of likely N-dealkylation sites (N-methyl/N-ethyl adjacent to an activating group) is 1. The van der Waals surface area contributed by atoms with Gasteiger partial charge < -0.3 is 19.4 Å². The fraction of sp³-hybridized carbons (Fsp3) is 0.458. The zero-order valence-corrected chi connectivity index (χ0v) is 21.3. The minimum absolute atomic E-state index is 0.0491. The first-order valence-corrected chi connectivity index (χ1v) is 12.8. The molecule has 3 aromatic heterocycles. The molecule has 0 bridgehead atoms. The van der Waals surface area contributed by atoms with Gasteiger partial charge in [0.1, 0.15) is 30.1 Å². The van der Waals surface area contributed by atoms with Gasteiger partial charge in [0, 0.05) is 32.9 Å². The van der Waals surface area contributed by atoms with Crippen LogP contribution in [-0.4, -0.2) is 92.6 Å². The molecule has 0 aliphatic carbocycles. The third kappa shape index (κ3) is 4.27. The number of hydrogen-bond acceptors (Lipinski definition) is 10. The molecule has 12 nitrogen and oxygen atoms in total. The van der Waals surface area contributed by atoms with Gasteiger partial charge in [-0.25, -0.2) is 19.6 Å². The van der Waals surface area contributed by atoms with E-state index >= 15 is 0 Å². The summed E-state index contributed by atoms with van der Waals surface area (Å²) in [5.41, 5.74) is 1.72. The number of carbonyl (C=O) groups is 3. The highest BCUT2D eigenvalue weighted by atomic mass is 32.1. The molecule has 2 aliphatic rings. The number of thiazole rings is 1. The average molecular weight is 523 g/mol. The standard InChI is InChI=1S/C24H26N8O4S/c1-16-12-32(19(33)3-6-25)24(16)5-8-30(13-24)20-17-4-7-31(21(17)28-14-27-20)23(35)29(2)9-10-36-22(34)18-11-26-15-37-18/h4,7,11,14-16H,3,5,8-10,12-13H2,1-2H3/t16-,24-/m1/s1. The van der Waals surface area contributed by atoms with Crippen molar-refractivity contribution in [3.8, 4) is 6.07 Å². The summed E-state index contributed by atoms with van der Waals surface area (Å²) in [6.45, 7) is 4.37. The van der Waals surface area contributed by atoms with E-state index in [1.165, 1.54) is 33.3 Å². The maximum absolute atomic E-state index is 13.1. The van der Waals surface area contributed by atoms with Gasteiger partial charge >= 0.3 is 12.0 Å². The van der Waals surface area contributed by atoms with Crippen molar-refractivity contribution in [2.24, 2.45) is 5.92 Å². The summed E-state index contributed by atoms with van der Waals surface area (Å²) >= 11 is 1.20. The maximum Gasteiger partial charge on any atom is 0.350 e. The van der Waals surface area contributed by atoms with E-state index in [-0.39, 0.29) is 37.0 Å². The van der Waals surface area contributed by atoms with E-state index in [1.54, 1.807) is 18.8 Å². The number of nitriles is 1. The number of likely N-dealkylation sites (tertiary alicyclic amines) is 1. The highest BCUT2D eigenvalue weighted by Gasteiger charge is 2.56. The van der Waals surface area contributed by atoms with E-state index in [4.69, 9.17) is 10.00 Å². The lowest BCUT2D eigenvalue weighted by molar-refractivity contribution is -0.152. The minimum Gasteiger partial charge on any atom is -0.460 e. The second kappa shape index (κ2) is 9.78. The molecule has 5 rings (SSSR count). The Labute approximate surface area is 217 Å². The molecule has 3 aromatic rings. The van der Waals surface area contributed by atoms with Crippen LogP contribution in [0.2, 0.25) is 0 Å². The van der Waals surface area contributed by atoms with Gasteiger partial charge in [0.05, 0.1) is 35.2 Å². The fourth-order valence-corrected chi connectivity index (χ4v) is 5.71. The molecule has 2 amide bonds. The lowest BCUT2D eigenvalue weighted by atomic mass is 9.74. The predicted octanol–water partition coefficient (Wildman–Crippen LogP) is 1.99. The summed E-state index contributed by atoms with van der Waals surface area (Å²) in [5.74, 6) is 0.431. The molecule has 37 heavy (non-hydrogen) atoms. The Morgan fingerprint density at radius 3 is 2.92 bits per heavy atom. The largest absolute Gasteiger partial charge is 0.460 e. The van der Waals surface area contributed by atoms with Crippen LogP contribution in [0.15, 0.2) is 30.3 Å². The van der Waals surface area contributed by atoms with Crippen LogP contribution in [0.25, 0.3) is 11.0 Å². The van der Waals surface area contributed by atoms with Gasteiger partial charge in [-0.15, -0.1) is 11.3 Å². The first-order valence-electron chi connectivity index (χ1n) is 11.9. The quantitative estimate of drug-likeness (QED) is 0.445. The average Bonchev–Trinajstić information content (AvgIpc) is 3.66. The Bertz CT molecular complexity index is 1380. The molecule has 5 heterocycles. The van der Waals surface area contributed by atoms with Gasteiger partial charge in [-0.05, 0) is 18.4 Å². The van der Waals surface area contributed by atoms with E-state index in [2.05, 4.69) is 26.8 Å². The van der Waals surface area contributed by atoms with E-state index in [9.17, 15) is 14.4 Å². The summed E-state index contributed by atoms with van der Waals surface area (Å²) in [6.07, 6.45) is 5.22. The molecule has 0 unspecified atom stereocenters. The summed E-state index contributed by atoms with van der Waals surface area (Å²) in [5, 5.41) is 9.70. The van der Waals surface area contributed by atoms with Crippen molar-refractivity contribution in [2.75, 3.05) is 44.7 Å². The second-order valence-electron chi connectivity index (χ2n) is 9.34. The van der Waals surface area contributed by atoms with Crippen LogP contribution in [0.3, 0.4) is 0 Å². The van der Waals surface area contributed by atoms with Gasteiger partial charge in [0.2, 0.25) is 5.91 Å². The van der Waals surface area contributed by atoms with E-state index in [1.807, 2.05) is 17.0 Å². The van der Waals surface area contributed by atoms with Crippen molar-refractivity contribution in [1.82, 2.24) is 29.3 Å². The number of esters is 1. The van der Waals surface area contributed by atoms with E-state index in [0.29, 0.717) is 41.9 Å². The van der Waals surface area contributed by atoms with Gasteiger partial charge in [0.15, 0.2) is 5.65 Å². The summed E-state index contributed by atoms with van der Waals surface area (Å²) in [6, 6.07) is 3.46. The molecular weight excluding hydrogens is 496 g/mol. The fourth-order valence-electron chi connectivity index (χ4n) is 5.20. The first-order chi connectivity index (χ1) is 17.9. The van der Waals surface area contributed by atoms with Crippen LogP contribution in [0.5, 0.6) is 0 Å². The van der Waals surface area contributed by atoms with Crippen LogP contribution >= 0.6 is 11.3 Å². The van der Waals surface area contributed by atoms with Crippen LogP contribution in [-0.2, 0) is 9.53 Å². The van der Waals surface area contributed by atoms with Crippen LogP contribution in [0.4, 0.5) is 10.6 Å². The number of carbonyl (C=O) groups excluding carboxylic acids is 3. The van der Waals surface area contributed by atoms with Gasteiger partial charge in [-0.1, -0.05) is 6.92 Å². The highest BCUT2D eigenvalue weighted by molar-refractivity contribution is 7.11. The van der Waals surface area contributed by atoms with E-state index in [0.717, 1.165) is 11.8 Å². The lowest BCUT2D eigenvalue weighted by Gasteiger charge is -2.55. The number of aromatic nitrogens is 4. The second-order valence-corrected chi connectivity index (χ2v) is 10.2. The van der Waals surface area contributed by atoms with Gasteiger partial charge in [-0.3, -0.25) is 14.3 Å². The molecule has 2 atom stereocenters. The highest BCUT2D eigenvalue weighted by Crippen LogP contribution is 2.45. The lowest BCUT2D eigenvalue weighted by Crippen LogP contribution is -2.69. The number of hydrogen-bond donors (Lipinski definition) is 0. The third-order valence-corrected chi connectivity index (χ3v) is 8.06. The summed E-state index contributed by atoms with van der Waals surface area (Å²) < 4.78 is 6.68. The van der Waals surface area contributed by atoms with Gasteiger partial charge in [0.25, 0.3) is 0 Å². The monoisotopic (exact) mass is 522 g/mol. The zero-order chi connectivity index (χ0) is 26.2. The number of anilines is 1. The van der Waals surface area contributed by atoms with Crippen molar-refractivity contribution in [3.63, 3.8) is 0 Å². The minimum atomic E-state index is -0.468. The third-order valence-electron chi connectivity index (χ3n) is 7.31. The number of ether oxygens (including phenoxy) is 1. The molecule has 13 heteroatoms. The Morgan fingerprint density at radius 1 is 1.35 bits per heavy atom. The van der Waals surface area contributed by atoms with Crippen molar-refractivity contribution in [1.29, 1.82) is 5.26 Å². The summed E-state index contributed by atoms with van der Waals surface area (Å²) in [7, 11) is 1.63. The van der Waals surface area contributed by atoms with Crippen LogP contribution in [0, 0.1) is 17.2 Å². The Hall–Kier alpha value is -4.05. The molecule has 1 spiro atoms. The van der Waals surface area contributed by atoms with Crippen LogP contribution < -0.4 is 4.90 Å². The van der Waals surface area contributed by atoms with E-state index < -0.39 is 5.97 Å². The number of rotatable bonds is 6. The maximum atomic E-state index is 13.1. The normalized spacial score (nSPS) is 20.6. The SMILES string of the molecule is C[C@@H]1CN(C(=O)CC#N)[C@@]12CCN(c1ncnc3c1ccn3C(=O)N(C)CCOC(=O)c1cncs1)C2. The van der Waals surface area contributed by atoms with Crippen molar-refractivity contribution in [3.05, 3.63) is 35.2 Å². The molecule has 0 radical (unpaired) electrons. The predicted molar refractivity (Wildman–Crippen MR) is 134 cm³/mol. The Balaban J connectivity index is 1.28. The smallest absolute Gasteiger partial charge is 0.350 e. The molecule has 0 N–H and O–H groups in total. The Morgan fingerprint density at radius 2 is 2.19 bits per heavy atom. The summed E-state index contributed by atoms with van der Waals surface area (Å²) in [4.78, 5) is 56.2. The topological polar surface area (TPSA) is 138 Å². The van der Waals surface area contributed by atoms with Crippen LogP contribution in [0.1, 0.15) is 29.4 Å². The molecule has 2 fully saturated rings.